The van der Waals surface area contributed by atoms with Crippen molar-refractivity contribution in [3.63, 3.8) is 0 Å². The molecule has 0 unspecified atom stereocenters. The molecule has 0 aromatic heterocycles. The normalized spacial score (nSPS) is 18.1. The summed E-state index contributed by atoms with van der Waals surface area (Å²) in [7, 11) is 0. The molecule has 1 aromatic carbocycles. The molecule has 1 N–H and O–H groups in total. The van der Waals surface area contributed by atoms with E-state index in [4.69, 9.17) is 0 Å². The molecule has 6 heteroatoms. The second-order valence-corrected chi connectivity index (χ2v) is 5.02. The maximum Gasteiger partial charge on any atom is 0.416 e. The highest BCUT2D eigenvalue weighted by Gasteiger charge is 2.32. The molecule has 0 radical (unpaired) electrons. The van der Waals surface area contributed by atoms with Gasteiger partial charge in [-0.05, 0) is 37.6 Å². The fourth-order valence-electron chi connectivity index (χ4n) is 2.48. The average Bonchev–Trinajstić information content (AvgIpc) is 2.87. The van der Waals surface area contributed by atoms with Crippen LogP contribution in [0.5, 0.6) is 0 Å². The molecule has 0 bridgehead atoms. The molecule has 20 heavy (non-hydrogen) atoms. The van der Waals surface area contributed by atoms with Gasteiger partial charge >= 0.3 is 12.1 Å². The zero-order chi connectivity index (χ0) is 14.8. The molecule has 0 amide bonds. The van der Waals surface area contributed by atoms with Crippen molar-refractivity contribution in [2.45, 2.75) is 24.9 Å². The lowest BCUT2D eigenvalue weighted by molar-refractivity contribution is -0.140. The van der Waals surface area contributed by atoms with Crippen molar-refractivity contribution in [1.82, 2.24) is 4.90 Å². The quantitative estimate of drug-likeness (QED) is 0.925. The topological polar surface area (TPSA) is 40.5 Å². The molecule has 1 atom stereocenters. The summed E-state index contributed by atoms with van der Waals surface area (Å²) in [5.41, 5.74) is -0.595. The van der Waals surface area contributed by atoms with E-state index < -0.39 is 23.6 Å². The van der Waals surface area contributed by atoms with Crippen molar-refractivity contribution in [1.29, 1.82) is 0 Å². The Labute approximate surface area is 115 Å². The molecule has 1 aliphatic heterocycles. The van der Waals surface area contributed by atoms with Crippen LogP contribution in [0.15, 0.2) is 24.3 Å². The van der Waals surface area contributed by atoms with Crippen molar-refractivity contribution < 1.29 is 23.1 Å². The monoisotopic (exact) mass is 287 g/mol. The van der Waals surface area contributed by atoms with Crippen LogP contribution in [0, 0.1) is 0 Å². The third-order valence-electron chi connectivity index (χ3n) is 3.55. The molecule has 2 rings (SSSR count). The number of carboxylic acid groups (broad SMARTS) is 1. The number of likely N-dealkylation sites (tertiary alicyclic amines) is 1. The summed E-state index contributed by atoms with van der Waals surface area (Å²) >= 11 is 0. The van der Waals surface area contributed by atoms with Crippen LogP contribution < -0.4 is 0 Å². The molecule has 0 aliphatic carbocycles. The minimum Gasteiger partial charge on any atom is -0.481 e. The molecule has 1 aromatic rings. The summed E-state index contributed by atoms with van der Waals surface area (Å²) < 4.78 is 38.0. The Kier molecular flexibility index (Phi) is 4.32. The molecule has 3 nitrogen and oxygen atoms in total. The Morgan fingerprint density at radius 1 is 1.30 bits per heavy atom. The Bertz CT molecular complexity index is 482. The van der Waals surface area contributed by atoms with E-state index in [-0.39, 0.29) is 12.1 Å². The van der Waals surface area contributed by atoms with Gasteiger partial charge in [0.25, 0.3) is 0 Å². The number of nitrogens with zero attached hydrogens (tertiary/aromatic N) is 1. The Balaban J connectivity index is 2.22. The number of aliphatic carboxylic acids is 1. The highest BCUT2D eigenvalue weighted by atomic mass is 19.4. The molecule has 1 fully saturated rings. The van der Waals surface area contributed by atoms with E-state index in [1.165, 1.54) is 12.1 Å². The number of rotatable bonds is 4. The van der Waals surface area contributed by atoms with E-state index in [0.29, 0.717) is 0 Å². The third kappa shape index (κ3) is 3.50. The van der Waals surface area contributed by atoms with Gasteiger partial charge in [0.2, 0.25) is 0 Å². The van der Waals surface area contributed by atoms with Gasteiger partial charge in [-0.3, -0.25) is 4.79 Å². The number of carboxylic acids is 1. The molecule has 1 aliphatic rings. The fourth-order valence-corrected chi connectivity index (χ4v) is 2.48. The lowest BCUT2D eigenvalue weighted by Crippen LogP contribution is -2.29. The van der Waals surface area contributed by atoms with Gasteiger partial charge in [-0.1, -0.05) is 18.2 Å². The van der Waals surface area contributed by atoms with Gasteiger partial charge in [-0.2, -0.15) is 13.2 Å². The summed E-state index contributed by atoms with van der Waals surface area (Å²) in [6.45, 7) is 1.88. The maximum atomic E-state index is 12.7. The van der Waals surface area contributed by atoms with Crippen molar-refractivity contribution in [3.05, 3.63) is 35.4 Å². The van der Waals surface area contributed by atoms with E-state index in [2.05, 4.69) is 0 Å². The zero-order valence-electron chi connectivity index (χ0n) is 10.9. The molecule has 0 spiro atoms. The van der Waals surface area contributed by atoms with Crippen LogP contribution >= 0.6 is 0 Å². The minimum absolute atomic E-state index is 0.208. The second kappa shape index (κ2) is 5.83. The second-order valence-electron chi connectivity index (χ2n) is 5.02. The summed E-state index contributed by atoms with van der Waals surface area (Å²) in [4.78, 5) is 13.3. The van der Waals surface area contributed by atoms with Crippen molar-refractivity contribution in [3.8, 4) is 0 Å². The third-order valence-corrected chi connectivity index (χ3v) is 3.55. The number of hydrogen-bond donors (Lipinski definition) is 1. The first-order chi connectivity index (χ1) is 9.38. The SMILES string of the molecule is O=C(O)[C@H](CN1CCCC1)c1cccc(C(F)(F)F)c1. The van der Waals surface area contributed by atoms with Crippen LogP contribution in [-0.4, -0.2) is 35.6 Å². The molecule has 0 saturated carbocycles. The number of hydrogen-bond acceptors (Lipinski definition) is 2. The maximum absolute atomic E-state index is 12.7. The van der Waals surface area contributed by atoms with Gasteiger partial charge in [0.1, 0.15) is 0 Å². The smallest absolute Gasteiger partial charge is 0.416 e. The predicted molar refractivity (Wildman–Crippen MR) is 67.5 cm³/mol. The van der Waals surface area contributed by atoms with Crippen molar-refractivity contribution >= 4 is 5.97 Å². The molecular formula is C14H16F3NO2. The standard InChI is InChI=1S/C14H16F3NO2/c15-14(16,17)11-5-3-4-10(8-11)12(13(19)20)9-18-6-1-2-7-18/h3-5,8,12H,1-2,6-7,9H2,(H,19,20)/t12-/m1/s1. The van der Waals surface area contributed by atoms with Gasteiger partial charge in [0, 0.05) is 6.54 Å². The van der Waals surface area contributed by atoms with Gasteiger partial charge in [-0.25, -0.2) is 0 Å². The Morgan fingerprint density at radius 2 is 1.95 bits per heavy atom. The fraction of sp³-hybridized carbons (Fsp3) is 0.500. The van der Waals surface area contributed by atoms with Crippen LogP contribution in [0.3, 0.4) is 0 Å². The molecule has 1 saturated heterocycles. The van der Waals surface area contributed by atoms with E-state index in [1.807, 2.05) is 4.90 Å². The van der Waals surface area contributed by atoms with Crippen LogP contribution in [0.1, 0.15) is 29.9 Å². The van der Waals surface area contributed by atoms with Crippen LogP contribution in [0.2, 0.25) is 0 Å². The van der Waals surface area contributed by atoms with Crippen LogP contribution in [0.25, 0.3) is 0 Å². The predicted octanol–water partition coefficient (Wildman–Crippen LogP) is 2.97. The zero-order valence-corrected chi connectivity index (χ0v) is 10.9. The Hall–Kier alpha value is -1.56. The van der Waals surface area contributed by atoms with Crippen LogP contribution in [0.4, 0.5) is 13.2 Å². The first-order valence-electron chi connectivity index (χ1n) is 6.50. The van der Waals surface area contributed by atoms with E-state index in [0.717, 1.165) is 38.1 Å². The summed E-state index contributed by atoms with van der Waals surface area (Å²) in [6.07, 6.45) is -2.43. The summed E-state index contributed by atoms with van der Waals surface area (Å²) in [6, 6.07) is 4.61. The number of benzene rings is 1. The summed E-state index contributed by atoms with van der Waals surface area (Å²) in [5.74, 6) is -2.01. The lowest BCUT2D eigenvalue weighted by atomic mass is 9.96. The molecule has 1 heterocycles. The first-order valence-corrected chi connectivity index (χ1v) is 6.50. The van der Waals surface area contributed by atoms with Crippen LogP contribution in [-0.2, 0) is 11.0 Å². The van der Waals surface area contributed by atoms with Crippen molar-refractivity contribution in [2.75, 3.05) is 19.6 Å². The molecule has 110 valence electrons. The largest absolute Gasteiger partial charge is 0.481 e. The van der Waals surface area contributed by atoms with Gasteiger partial charge in [0.05, 0.1) is 11.5 Å². The molecular weight excluding hydrogens is 271 g/mol. The van der Waals surface area contributed by atoms with E-state index >= 15 is 0 Å². The lowest BCUT2D eigenvalue weighted by Gasteiger charge is -2.21. The minimum atomic E-state index is -4.45. The van der Waals surface area contributed by atoms with E-state index in [1.54, 1.807) is 0 Å². The van der Waals surface area contributed by atoms with Gasteiger partial charge in [0.15, 0.2) is 0 Å². The first kappa shape index (κ1) is 14.8. The van der Waals surface area contributed by atoms with E-state index in [9.17, 15) is 23.1 Å². The van der Waals surface area contributed by atoms with Gasteiger partial charge in [-0.15, -0.1) is 0 Å². The average molecular weight is 287 g/mol. The van der Waals surface area contributed by atoms with Crippen molar-refractivity contribution in [2.24, 2.45) is 0 Å². The Morgan fingerprint density at radius 3 is 2.50 bits per heavy atom. The number of alkyl halides is 3. The van der Waals surface area contributed by atoms with Gasteiger partial charge < -0.3 is 10.0 Å². The number of halogens is 3. The highest BCUT2D eigenvalue weighted by molar-refractivity contribution is 5.76. The number of carbonyl (C=O) groups is 1. The summed E-state index contributed by atoms with van der Waals surface area (Å²) in [5, 5.41) is 9.27. The highest BCUT2D eigenvalue weighted by Crippen LogP contribution is 2.31.